The Morgan fingerprint density at radius 2 is 2.29 bits per heavy atom. The predicted molar refractivity (Wildman–Crippen MR) is 54.8 cm³/mol. The third-order valence-electron chi connectivity index (χ3n) is 1.72. The zero-order valence-corrected chi connectivity index (χ0v) is 8.62. The van der Waals surface area contributed by atoms with E-state index in [9.17, 15) is 0 Å². The molecular weight excluding hydrogens is 180 g/mol. The van der Waals surface area contributed by atoms with Crippen LogP contribution in [0.2, 0.25) is 0 Å². The largest absolute Gasteiger partial charge is 0.495 e. The Morgan fingerprint density at radius 1 is 1.43 bits per heavy atom. The van der Waals surface area contributed by atoms with Crippen LogP contribution in [0.1, 0.15) is 6.92 Å². The fraction of sp³-hybridized carbons (Fsp3) is 0.500. The molecular formula is C10H16N2O2. The molecule has 1 aromatic heterocycles. The monoisotopic (exact) mass is 196 g/mol. The standard InChI is InChI=1S/C10H16N2O2/c1-3-11-6-7-14-10-5-4-9(13-2)8-12-10/h4-5,8,11H,3,6-7H2,1-2H3. The average Bonchev–Trinajstić information content (AvgIpc) is 2.25. The minimum Gasteiger partial charge on any atom is -0.495 e. The Labute approximate surface area is 84.3 Å². The van der Waals surface area contributed by atoms with Crippen LogP contribution in [0.3, 0.4) is 0 Å². The number of aromatic nitrogens is 1. The molecule has 0 fully saturated rings. The van der Waals surface area contributed by atoms with Gasteiger partial charge in [0.25, 0.3) is 0 Å². The molecule has 4 heteroatoms. The fourth-order valence-electron chi connectivity index (χ4n) is 0.977. The van der Waals surface area contributed by atoms with Gasteiger partial charge in [0.2, 0.25) is 5.88 Å². The maximum Gasteiger partial charge on any atom is 0.213 e. The van der Waals surface area contributed by atoms with Gasteiger partial charge in [0, 0.05) is 12.6 Å². The lowest BCUT2D eigenvalue weighted by atomic mass is 10.4. The zero-order valence-electron chi connectivity index (χ0n) is 8.62. The second-order valence-corrected chi connectivity index (χ2v) is 2.74. The Balaban J connectivity index is 2.29. The van der Waals surface area contributed by atoms with Crippen molar-refractivity contribution in [1.82, 2.24) is 10.3 Å². The van der Waals surface area contributed by atoms with Crippen LogP contribution < -0.4 is 14.8 Å². The highest BCUT2D eigenvalue weighted by Gasteiger charge is 1.95. The maximum absolute atomic E-state index is 5.38. The van der Waals surface area contributed by atoms with Gasteiger partial charge in [-0.2, -0.15) is 0 Å². The van der Waals surface area contributed by atoms with Crippen LogP contribution in [-0.2, 0) is 0 Å². The van der Waals surface area contributed by atoms with Gasteiger partial charge in [0.1, 0.15) is 12.4 Å². The van der Waals surface area contributed by atoms with Gasteiger partial charge in [-0.1, -0.05) is 6.92 Å². The van der Waals surface area contributed by atoms with E-state index in [4.69, 9.17) is 9.47 Å². The summed E-state index contributed by atoms with van der Waals surface area (Å²) >= 11 is 0. The smallest absolute Gasteiger partial charge is 0.213 e. The number of hydrogen-bond donors (Lipinski definition) is 1. The number of pyridine rings is 1. The summed E-state index contributed by atoms with van der Waals surface area (Å²) in [5.74, 6) is 1.37. The number of hydrogen-bond acceptors (Lipinski definition) is 4. The number of rotatable bonds is 6. The van der Waals surface area contributed by atoms with Crippen molar-refractivity contribution >= 4 is 0 Å². The molecule has 1 rings (SSSR count). The Hall–Kier alpha value is -1.29. The molecule has 0 aromatic carbocycles. The molecule has 14 heavy (non-hydrogen) atoms. The van der Waals surface area contributed by atoms with Crippen molar-refractivity contribution in [3.63, 3.8) is 0 Å². The van der Waals surface area contributed by atoms with Crippen molar-refractivity contribution in [3.8, 4) is 11.6 Å². The molecule has 0 aliphatic heterocycles. The highest BCUT2D eigenvalue weighted by Crippen LogP contribution is 2.12. The summed E-state index contributed by atoms with van der Waals surface area (Å²) in [6.07, 6.45) is 1.64. The highest BCUT2D eigenvalue weighted by atomic mass is 16.5. The molecule has 0 radical (unpaired) electrons. The Kier molecular flexibility index (Phi) is 4.78. The molecule has 0 atom stereocenters. The van der Waals surface area contributed by atoms with E-state index in [0.29, 0.717) is 12.5 Å². The van der Waals surface area contributed by atoms with Gasteiger partial charge in [-0.3, -0.25) is 0 Å². The summed E-state index contributed by atoms with van der Waals surface area (Å²) in [6.45, 7) is 4.49. The molecule has 0 saturated heterocycles. The molecule has 0 unspecified atom stereocenters. The summed E-state index contributed by atoms with van der Waals surface area (Å²) in [5.41, 5.74) is 0. The average molecular weight is 196 g/mol. The van der Waals surface area contributed by atoms with Crippen molar-refractivity contribution in [2.45, 2.75) is 6.92 Å². The normalized spacial score (nSPS) is 9.86. The summed E-state index contributed by atoms with van der Waals surface area (Å²) in [7, 11) is 1.61. The van der Waals surface area contributed by atoms with E-state index >= 15 is 0 Å². The molecule has 0 amide bonds. The van der Waals surface area contributed by atoms with Crippen molar-refractivity contribution in [1.29, 1.82) is 0 Å². The zero-order chi connectivity index (χ0) is 10.2. The summed E-state index contributed by atoms with van der Waals surface area (Å²) in [5, 5.41) is 3.16. The number of ether oxygens (including phenoxy) is 2. The Morgan fingerprint density at radius 3 is 2.86 bits per heavy atom. The first kappa shape index (κ1) is 10.8. The van der Waals surface area contributed by atoms with E-state index in [1.54, 1.807) is 19.4 Å². The van der Waals surface area contributed by atoms with Crippen LogP contribution in [0.25, 0.3) is 0 Å². The summed E-state index contributed by atoms with van der Waals surface area (Å²) in [4.78, 5) is 4.07. The van der Waals surface area contributed by atoms with E-state index in [1.165, 1.54) is 0 Å². The lowest BCUT2D eigenvalue weighted by Gasteiger charge is -2.05. The second kappa shape index (κ2) is 6.21. The number of nitrogens with zero attached hydrogens (tertiary/aromatic N) is 1. The van der Waals surface area contributed by atoms with E-state index < -0.39 is 0 Å². The van der Waals surface area contributed by atoms with Crippen molar-refractivity contribution < 1.29 is 9.47 Å². The molecule has 1 N–H and O–H groups in total. The van der Waals surface area contributed by atoms with Gasteiger partial charge in [0.05, 0.1) is 13.3 Å². The van der Waals surface area contributed by atoms with E-state index in [2.05, 4.69) is 17.2 Å². The summed E-state index contributed by atoms with van der Waals surface area (Å²) < 4.78 is 10.4. The minimum atomic E-state index is 0.628. The molecule has 1 heterocycles. The van der Waals surface area contributed by atoms with Crippen LogP contribution in [0.15, 0.2) is 18.3 Å². The number of nitrogens with one attached hydrogen (secondary N) is 1. The van der Waals surface area contributed by atoms with Gasteiger partial charge in [-0.15, -0.1) is 0 Å². The van der Waals surface area contributed by atoms with Crippen LogP contribution in [0.4, 0.5) is 0 Å². The van der Waals surface area contributed by atoms with E-state index in [-0.39, 0.29) is 0 Å². The first-order chi connectivity index (χ1) is 6.86. The molecule has 0 aliphatic rings. The molecule has 0 saturated carbocycles. The highest BCUT2D eigenvalue weighted by molar-refractivity contribution is 5.22. The maximum atomic E-state index is 5.38. The molecule has 78 valence electrons. The van der Waals surface area contributed by atoms with Gasteiger partial charge in [0.15, 0.2) is 0 Å². The van der Waals surface area contributed by atoms with Crippen molar-refractivity contribution in [2.24, 2.45) is 0 Å². The lowest BCUT2D eigenvalue weighted by Crippen LogP contribution is -2.20. The Bertz CT molecular complexity index is 249. The van der Waals surface area contributed by atoms with Gasteiger partial charge >= 0.3 is 0 Å². The van der Waals surface area contributed by atoms with Crippen LogP contribution in [-0.4, -0.2) is 31.8 Å². The van der Waals surface area contributed by atoms with Gasteiger partial charge in [-0.25, -0.2) is 4.98 Å². The first-order valence-corrected chi connectivity index (χ1v) is 4.70. The molecule has 1 aromatic rings. The summed E-state index contributed by atoms with van der Waals surface area (Å²) in [6, 6.07) is 3.63. The van der Waals surface area contributed by atoms with E-state index in [0.717, 1.165) is 18.8 Å². The SMILES string of the molecule is CCNCCOc1ccc(OC)cn1. The number of likely N-dealkylation sites (N-methyl/N-ethyl adjacent to an activating group) is 1. The quantitative estimate of drug-likeness (QED) is 0.691. The van der Waals surface area contributed by atoms with Crippen LogP contribution in [0.5, 0.6) is 11.6 Å². The van der Waals surface area contributed by atoms with Crippen molar-refractivity contribution in [2.75, 3.05) is 26.8 Å². The molecule has 0 bridgehead atoms. The second-order valence-electron chi connectivity index (χ2n) is 2.74. The predicted octanol–water partition coefficient (Wildman–Crippen LogP) is 1.08. The molecule has 0 aliphatic carbocycles. The third kappa shape index (κ3) is 3.62. The lowest BCUT2D eigenvalue weighted by molar-refractivity contribution is 0.302. The molecule has 4 nitrogen and oxygen atoms in total. The van der Waals surface area contributed by atoms with E-state index in [1.807, 2.05) is 6.07 Å². The minimum absolute atomic E-state index is 0.628. The van der Waals surface area contributed by atoms with Gasteiger partial charge < -0.3 is 14.8 Å². The van der Waals surface area contributed by atoms with Gasteiger partial charge in [-0.05, 0) is 12.6 Å². The first-order valence-electron chi connectivity index (χ1n) is 4.70. The number of methoxy groups -OCH3 is 1. The molecule has 0 spiro atoms. The fourth-order valence-corrected chi connectivity index (χ4v) is 0.977. The van der Waals surface area contributed by atoms with Crippen LogP contribution in [0, 0.1) is 0 Å². The van der Waals surface area contributed by atoms with Crippen LogP contribution >= 0.6 is 0 Å². The topological polar surface area (TPSA) is 43.4 Å². The van der Waals surface area contributed by atoms with Crippen molar-refractivity contribution in [3.05, 3.63) is 18.3 Å². The third-order valence-corrected chi connectivity index (χ3v) is 1.72.